The van der Waals surface area contributed by atoms with Crippen LogP contribution in [0.15, 0.2) is 60.8 Å². The number of nitrogens with one attached hydrogen (secondary N) is 4. The highest BCUT2D eigenvalue weighted by molar-refractivity contribution is 6.01. The van der Waals surface area contributed by atoms with E-state index in [9.17, 15) is 24.3 Å². The Morgan fingerprint density at radius 3 is 2.35 bits per heavy atom. The van der Waals surface area contributed by atoms with Crippen molar-refractivity contribution in [2.75, 3.05) is 50.0 Å². The summed E-state index contributed by atoms with van der Waals surface area (Å²) in [5.41, 5.74) is 3.11. The van der Waals surface area contributed by atoms with Crippen LogP contribution in [-0.4, -0.2) is 67.9 Å². The van der Waals surface area contributed by atoms with Crippen LogP contribution < -0.4 is 26.0 Å². The zero-order valence-corrected chi connectivity index (χ0v) is 24.1. The maximum absolute atomic E-state index is 12.7. The number of hydrogen-bond acceptors (Lipinski definition) is 8. The molecule has 0 saturated heterocycles. The Labute approximate surface area is 248 Å². The van der Waals surface area contributed by atoms with E-state index in [4.69, 9.17) is 14.2 Å². The number of carbonyl (C=O) groups excluding carboxylic acids is 3. The summed E-state index contributed by atoms with van der Waals surface area (Å²) in [5.74, 6) is -1.32. The molecule has 0 saturated carbocycles. The fraction of sp³-hybridized carbons (Fsp3) is 0.300. The van der Waals surface area contributed by atoms with Gasteiger partial charge in [0.25, 0.3) is 0 Å². The van der Waals surface area contributed by atoms with Crippen LogP contribution in [0, 0.1) is 6.92 Å². The van der Waals surface area contributed by atoms with E-state index in [2.05, 4.69) is 26.3 Å². The van der Waals surface area contributed by atoms with Gasteiger partial charge in [-0.3, -0.25) is 14.4 Å². The van der Waals surface area contributed by atoms with Crippen molar-refractivity contribution < 1.29 is 38.5 Å². The summed E-state index contributed by atoms with van der Waals surface area (Å²) in [7, 11) is 2.97. The first kappa shape index (κ1) is 32.5. The third-order valence-electron chi connectivity index (χ3n) is 6.11. The number of anilines is 3. The van der Waals surface area contributed by atoms with Crippen molar-refractivity contribution in [1.29, 1.82) is 0 Å². The Hall–Kier alpha value is -5.01. The van der Waals surface area contributed by atoms with Gasteiger partial charge in [-0.25, -0.2) is 9.78 Å². The number of ether oxygens (including phenoxy) is 3. The molecular formula is C30H35N5O8. The fourth-order valence-corrected chi connectivity index (χ4v) is 3.97. The number of carbonyl (C=O) groups is 4. The molecule has 228 valence electrons. The van der Waals surface area contributed by atoms with E-state index >= 15 is 0 Å². The van der Waals surface area contributed by atoms with E-state index in [1.807, 2.05) is 25.1 Å². The zero-order valence-electron chi connectivity index (χ0n) is 24.1. The van der Waals surface area contributed by atoms with E-state index in [0.717, 1.165) is 5.56 Å². The molecule has 13 heteroatoms. The van der Waals surface area contributed by atoms with E-state index in [-0.39, 0.29) is 37.8 Å². The van der Waals surface area contributed by atoms with Gasteiger partial charge in [0.2, 0.25) is 11.8 Å². The lowest BCUT2D eigenvalue weighted by Crippen LogP contribution is -2.33. The van der Waals surface area contributed by atoms with Gasteiger partial charge in [-0.05, 0) is 47.9 Å². The first-order valence-electron chi connectivity index (χ1n) is 13.3. The number of carboxylic acid groups (broad SMARTS) is 1. The summed E-state index contributed by atoms with van der Waals surface area (Å²) in [6, 6.07) is 14.2. The molecular weight excluding hydrogens is 558 g/mol. The number of carboxylic acids is 1. The molecule has 0 radical (unpaired) electrons. The lowest BCUT2D eigenvalue weighted by atomic mass is 10.1. The van der Waals surface area contributed by atoms with Gasteiger partial charge in [0.1, 0.15) is 18.2 Å². The van der Waals surface area contributed by atoms with Crippen molar-refractivity contribution in [3.63, 3.8) is 0 Å². The lowest BCUT2D eigenvalue weighted by Gasteiger charge is -2.17. The van der Waals surface area contributed by atoms with E-state index in [1.54, 1.807) is 30.3 Å². The summed E-state index contributed by atoms with van der Waals surface area (Å²) in [6.45, 7) is 2.19. The molecule has 1 unspecified atom stereocenters. The average Bonchev–Trinajstić information content (AvgIpc) is 2.97. The number of methoxy groups -OCH3 is 2. The lowest BCUT2D eigenvalue weighted by molar-refractivity contribution is -0.138. The van der Waals surface area contributed by atoms with Gasteiger partial charge in [-0.1, -0.05) is 30.3 Å². The minimum atomic E-state index is -1.11. The van der Waals surface area contributed by atoms with Crippen LogP contribution in [0.1, 0.15) is 29.2 Å². The normalized spacial score (nSPS) is 11.2. The highest BCUT2D eigenvalue weighted by atomic mass is 16.5. The molecule has 1 atom stereocenters. The van der Waals surface area contributed by atoms with Gasteiger partial charge in [-0.15, -0.1) is 0 Å². The molecule has 5 N–H and O–H groups in total. The Morgan fingerprint density at radius 1 is 0.907 bits per heavy atom. The average molecular weight is 594 g/mol. The number of hydrogen-bond donors (Lipinski definition) is 5. The predicted octanol–water partition coefficient (Wildman–Crippen LogP) is 3.52. The molecule has 0 aliphatic rings. The molecule has 0 fully saturated rings. The SMILES string of the molecule is COCCOCC(=O)NC(CC(=O)O)c1ccc(NC(=O)Cc2ccc(NC(=O)Nc3ccccc3C)c(OC)c2)nc1. The van der Waals surface area contributed by atoms with Crippen LogP contribution in [0.3, 0.4) is 0 Å². The van der Waals surface area contributed by atoms with Crippen LogP contribution in [0.5, 0.6) is 5.75 Å². The number of pyridine rings is 1. The molecule has 3 rings (SSSR count). The minimum absolute atomic E-state index is 0.00372. The molecule has 2 aromatic carbocycles. The minimum Gasteiger partial charge on any atom is -0.495 e. The first-order valence-corrected chi connectivity index (χ1v) is 13.3. The van der Waals surface area contributed by atoms with E-state index in [0.29, 0.717) is 34.9 Å². The van der Waals surface area contributed by atoms with Gasteiger partial charge in [0.05, 0.1) is 44.9 Å². The maximum Gasteiger partial charge on any atom is 0.323 e. The fourth-order valence-electron chi connectivity index (χ4n) is 3.97. The van der Waals surface area contributed by atoms with Crippen molar-refractivity contribution >= 4 is 41.0 Å². The van der Waals surface area contributed by atoms with Crippen molar-refractivity contribution in [2.24, 2.45) is 0 Å². The smallest absolute Gasteiger partial charge is 0.323 e. The summed E-state index contributed by atoms with van der Waals surface area (Å²) in [4.78, 5) is 52.9. The number of nitrogens with zero attached hydrogens (tertiary/aromatic N) is 1. The number of rotatable bonds is 15. The highest BCUT2D eigenvalue weighted by Crippen LogP contribution is 2.26. The molecule has 0 aliphatic heterocycles. The largest absolute Gasteiger partial charge is 0.495 e. The van der Waals surface area contributed by atoms with Crippen LogP contribution >= 0.6 is 0 Å². The molecule has 1 aromatic heterocycles. The maximum atomic E-state index is 12.7. The monoisotopic (exact) mass is 593 g/mol. The quantitative estimate of drug-likeness (QED) is 0.165. The Morgan fingerprint density at radius 2 is 1.67 bits per heavy atom. The van der Waals surface area contributed by atoms with Gasteiger partial charge < -0.3 is 40.6 Å². The first-order chi connectivity index (χ1) is 20.7. The standard InChI is InChI=1S/C30H35N5O8/c1-19-6-4-5-7-22(19)33-30(40)34-23-10-8-20(14-25(23)42-3)15-27(36)35-26-11-9-21(17-31-26)24(16-29(38)39)32-28(37)18-43-13-12-41-2/h4-11,14,17,24H,12-13,15-16,18H2,1-3H3,(H,32,37)(H,38,39)(H,31,35,36)(H2,33,34,40). The van der Waals surface area contributed by atoms with Gasteiger partial charge in [0.15, 0.2) is 0 Å². The van der Waals surface area contributed by atoms with Crippen molar-refractivity contribution in [3.05, 3.63) is 77.5 Å². The van der Waals surface area contributed by atoms with Gasteiger partial charge in [0, 0.05) is 19.0 Å². The third-order valence-corrected chi connectivity index (χ3v) is 6.11. The predicted molar refractivity (Wildman–Crippen MR) is 159 cm³/mol. The van der Waals surface area contributed by atoms with Crippen LogP contribution in [0.2, 0.25) is 0 Å². The van der Waals surface area contributed by atoms with E-state index < -0.39 is 23.9 Å². The second kappa shape index (κ2) is 16.4. The topological polar surface area (TPSA) is 177 Å². The van der Waals surface area contributed by atoms with Gasteiger partial charge >= 0.3 is 12.0 Å². The molecule has 43 heavy (non-hydrogen) atoms. The molecule has 0 aliphatic carbocycles. The number of para-hydroxylation sites is 1. The highest BCUT2D eigenvalue weighted by Gasteiger charge is 2.19. The molecule has 13 nitrogen and oxygen atoms in total. The van der Waals surface area contributed by atoms with E-state index in [1.165, 1.54) is 26.5 Å². The molecule has 0 spiro atoms. The second-order valence-corrected chi connectivity index (χ2v) is 9.39. The van der Waals surface area contributed by atoms with Crippen LogP contribution in [0.25, 0.3) is 0 Å². The van der Waals surface area contributed by atoms with Gasteiger partial charge in [-0.2, -0.15) is 0 Å². The van der Waals surface area contributed by atoms with Crippen molar-refractivity contribution in [3.8, 4) is 5.75 Å². The summed E-state index contributed by atoms with van der Waals surface area (Å²) in [5, 5.41) is 20.1. The number of amides is 4. The summed E-state index contributed by atoms with van der Waals surface area (Å²) >= 11 is 0. The number of aryl methyl sites for hydroxylation is 1. The second-order valence-electron chi connectivity index (χ2n) is 9.39. The summed E-state index contributed by atoms with van der Waals surface area (Å²) in [6.07, 6.45) is 1.02. The molecule has 0 bridgehead atoms. The number of benzene rings is 2. The Kier molecular flexibility index (Phi) is 12.4. The van der Waals surface area contributed by atoms with Crippen molar-refractivity contribution in [2.45, 2.75) is 25.8 Å². The number of urea groups is 1. The summed E-state index contributed by atoms with van der Waals surface area (Å²) < 4.78 is 15.4. The van der Waals surface area contributed by atoms with Crippen LogP contribution in [-0.2, 0) is 30.3 Å². The third kappa shape index (κ3) is 10.7. The van der Waals surface area contributed by atoms with Crippen molar-refractivity contribution in [1.82, 2.24) is 10.3 Å². The molecule has 3 aromatic rings. The Balaban J connectivity index is 1.57. The van der Waals surface area contributed by atoms with Crippen LogP contribution in [0.4, 0.5) is 22.0 Å². The number of aromatic nitrogens is 1. The Bertz CT molecular complexity index is 1410. The molecule has 1 heterocycles. The number of aliphatic carboxylic acids is 1. The molecule has 4 amide bonds. The zero-order chi connectivity index (χ0) is 31.2.